The number of hydrogen-bond donors (Lipinski definition) is 2. The molecular weight excluding hydrogens is 332 g/mol. The van der Waals surface area contributed by atoms with Crippen LogP contribution in [0.2, 0.25) is 0 Å². The fourth-order valence-corrected chi connectivity index (χ4v) is 3.80. The Bertz CT molecular complexity index is 963. The van der Waals surface area contributed by atoms with Gasteiger partial charge in [0, 0.05) is 17.1 Å². The van der Waals surface area contributed by atoms with Crippen LogP contribution in [0.4, 0.5) is 17.1 Å². The molecule has 2 N–H and O–H groups in total. The molecule has 0 aliphatic heterocycles. The van der Waals surface area contributed by atoms with E-state index in [2.05, 4.69) is 10.0 Å². The first kappa shape index (κ1) is 17.0. The summed E-state index contributed by atoms with van der Waals surface area (Å²) < 4.78 is 27.6. The highest BCUT2D eigenvalue weighted by Gasteiger charge is 2.16. The van der Waals surface area contributed by atoms with E-state index in [-0.39, 0.29) is 4.90 Å². The Morgan fingerprint density at radius 3 is 1.80 bits per heavy atom. The van der Waals surface area contributed by atoms with Gasteiger partial charge >= 0.3 is 0 Å². The molecule has 3 aromatic carbocycles. The topological polar surface area (TPSA) is 58.2 Å². The van der Waals surface area contributed by atoms with E-state index < -0.39 is 10.0 Å². The standard InChI is InChI=1S/C20H20N2O2S/c1-15-7-9-17(10-8-15)21-18-11-13-19(14-12-18)22-25(23,24)20-6-4-3-5-16(20)2/h3-14,21-22H,1-2H3. The Hall–Kier alpha value is -2.79. The van der Waals surface area contributed by atoms with Gasteiger partial charge in [0.05, 0.1) is 4.90 Å². The summed E-state index contributed by atoms with van der Waals surface area (Å²) in [5.41, 5.74) is 4.32. The van der Waals surface area contributed by atoms with Crippen molar-refractivity contribution in [2.24, 2.45) is 0 Å². The molecule has 0 fully saturated rings. The van der Waals surface area contributed by atoms with Crippen molar-refractivity contribution in [3.05, 3.63) is 83.9 Å². The van der Waals surface area contributed by atoms with Gasteiger partial charge < -0.3 is 5.32 Å². The van der Waals surface area contributed by atoms with Crippen LogP contribution in [-0.4, -0.2) is 8.42 Å². The van der Waals surface area contributed by atoms with Crippen LogP contribution in [0.25, 0.3) is 0 Å². The summed E-state index contributed by atoms with van der Waals surface area (Å²) in [6.07, 6.45) is 0. The molecule has 4 nitrogen and oxygen atoms in total. The number of rotatable bonds is 5. The van der Waals surface area contributed by atoms with Gasteiger partial charge in [0.1, 0.15) is 0 Å². The van der Waals surface area contributed by atoms with Crippen LogP contribution >= 0.6 is 0 Å². The second kappa shape index (κ2) is 6.99. The Kier molecular flexibility index (Phi) is 4.76. The largest absolute Gasteiger partial charge is 0.356 e. The number of sulfonamides is 1. The van der Waals surface area contributed by atoms with E-state index in [1.54, 1.807) is 37.3 Å². The van der Waals surface area contributed by atoms with Crippen molar-refractivity contribution in [2.45, 2.75) is 18.7 Å². The molecule has 0 aliphatic rings. The molecule has 0 aromatic heterocycles. The Labute approximate surface area is 148 Å². The van der Waals surface area contributed by atoms with Crippen molar-refractivity contribution in [1.29, 1.82) is 0 Å². The molecule has 0 bridgehead atoms. The highest BCUT2D eigenvalue weighted by atomic mass is 32.2. The first-order chi connectivity index (χ1) is 11.9. The number of benzene rings is 3. The molecule has 0 spiro atoms. The van der Waals surface area contributed by atoms with Gasteiger partial charge in [-0.3, -0.25) is 4.72 Å². The molecule has 128 valence electrons. The van der Waals surface area contributed by atoms with Crippen molar-refractivity contribution in [3.8, 4) is 0 Å². The molecule has 0 radical (unpaired) electrons. The summed E-state index contributed by atoms with van der Waals surface area (Å²) in [5.74, 6) is 0. The summed E-state index contributed by atoms with van der Waals surface area (Å²) in [5, 5.41) is 3.28. The van der Waals surface area contributed by atoms with E-state index in [1.807, 2.05) is 49.4 Å². The zero-order valence-corrected chi connectivity index (χ0v) is 15.0. The lowest BCUT2D eigenvalue weighted by Gasteiger charge is -2.11. The van der Waals surface area contributed by atoms with Crippen LogP contribution in [0.3, 0.4) is 0 Å². The Morgan fingerprint density at radius 2 is 1.20 bits per heavy atom. The van der Waals surface area contributed by atoms with E-state index >= 15 is 0 Å². The van der Waals surface area contributed by atoms with Crippen LogP contribution in [0.15, 0.2) is 77.7 Å². The second-order valence-electron chi connectivity index (χ2n) is 5.94. The van der Waals surface area contributed by atoms with Gasteiger partial charge in [0.15, 0.2) is 0 Å². The lowest BCUT2D eigenvalue weighted by atomic mass is 10.2. The zero-order chi connectivity index (χ0) is 17.9. The van der Waals surface area contributed by atoms with E-state index in [0.717, 1.165) is 11.4 Å². The predicted octanol–water partition coefficient (Wildman–Crippen LogP) is 4.85. The van der Waals surface area contributed by atoms with Crippen LogP contribution in [-0.2, 0) is 10.0 Å². The van der Waals surface area contributed by atoms with Crippen molar-refractivity contribution >= 4 is 27.1 Å². The molecule has 25 heavy (non-hydrogen) atoms. The smallest absolute Gasteiger partial charge is 0.262 e. The molecule has 3 aromatic rings. The van der Waals surface area contributed by atoms with Crippen molar-refractivity contribution < 1.29 is 8.42 Å². The van der Waals surface area contributed by atoms with Gasteiger partial charge in [-0.2, -0.15) is 0 Å². The first-order valence-electron chi connectivity index (χ1n) is 7.96. The average molecular weight is 352 g/mol. The number of aryl methyl sites for hydroxylation is 2. The molecule has 0 aliphatic carbocycles. The Morgan fingerprint density at radius 1 is 0.680 bits per heavy atom. The fourth-order valence-electron chi connectivity index (χ4n) is 2.49. The fraction of sp³-hybridized carbons (Fsp3) is 0.100. The lowest BCUT2D eigenvalue weighted by Crippen LogP contribution is -2.14. The molecule has 0 atom stereocenters. The third-order valence-electron chi connectivity index (χ3n) is 3.86. The third kappa shape index (κ3) is 4.19. The molecule has 0 amide bonds. The maximum Gasteiger partial charge on any atom is 0.262 e. The van der Waals surface area contributed by atoms with Crippen LogP contribution < -0.4 is 10.0 Å². The maximum atomic E-state index is 12.5. The quantitative estimate of drug-likeness (QED) is 0.690. The molecule has 0 unspecified atom stereocenters. The van der Waals surface area contributed by atoms with Gasteiger partial charge in [0.25, 0.3) is 10.0 Å². The maximum absolute atomic E-state index is 12.5. The normalized spacial score (nSPS) is 11.1. The average Bonchev–Trinajstić information content (AvgIpc) is 2.59. The first-order valence-corrected chi connectivity index (χ1v) is 9.44. The molecule has 0 heterocycles. The van der Waals surface area contributed by atoms with Crippen molar-refractivity contribution in [2.75, 3.05) is 10.0 Å². The van der Waals surface area contributed by atoms with Gasteiger partial charge in [-0.25, -0.2) is 8.42 Å². The zero-order valence-electron chi connectivity index (χ0n) is 14.2. The second-order valence-corrected chi connectivity index (χ2v) is 7.59. The molecular formula is C20H20N2O2S. The summed E-state index contributed by atoms with van der Waals surface area (Å²) >= 11 is 0. The summed E-state index contributed by atoms with van der Waals surface area (Å²) in [6.45, 7) is 3.82. The van der Waals surface area contributed by atoms with Crippen LogP contribution in [0.5, 0.6) is 0 Å². The monoisotopic (exact) mass is 352 g/mol. The summed E-state index contributed by atoms with van der Waals surface area (Å²) in [7, 11) is -3.59. The van der Waals surface area contributed by atoms with E-state index in [9.17, 15) is 8.42 Å². The van der Waals surface area contributed by atoms with Crippen molar-refractivity contribution in [1.82, 2.24) is 0 Å². The number of hydrogen-bond acceptors (Lipinski definition) is 3. The van der Waals surface area contributed by atoms with Crippen LogP contribution in [0, 0.1) is 13.8 Å². The minimum absolute atomic E-state index is 0.289. The highest BCUT2D eigenvalue weighted by Crippen LogP contribution is 2.22. The number of nitrogens with one attached hydrogen (secondary N) is 2. The van der Waals surface area contributed by atoms with Gasteiger partial charge in [-0.05, 0) is 61.9 Å². The van der Waals surface area contributed by atoms with Gasteiger partial charge in [-0.1, -0.05) is 35.9 Å². The van der Waals surface area contributed by atoms with E-state index in [1.165, 1.54) is 5.56 Å². The predicted molar refractivity (Wildman–Crippen MR) is 103 cm³/mol. The minimum atomic E-state index is -3.59. The van der Waals surface area contributed by atoms with Crippen molar-refractivity contribution in [3.63, 3.8) is 0 Å². The third-order valence-corrected chi connectivity index (χ3v) is 5.40. The molecule has 5 heteroatoms. The van der Waals surface area contributed by atoms with Gasteiger partial charge in [-0.15, -0.1) is 0 Å². The van der Waals surface area contributed by atoms with E-state index in [0.29, 0.717) is 11.3 Å². The SMILES string of the molecule is Cc1ccc(Nc2ccc(NS(=O)(=O)c3ccccc3C)cc2)cc1. The van der Waals surface area contributed by atoms with Gasteiger partial charge in [0.2, 0.25) is 0 Å². The molecule has 0 saturated heterocycles. The minimum Gasteiger partial charge on any atom is -0.356 e. The molecule has 0 saturated carbocycles. The summed E-state index contributed by atoms with van der Waals surface area (Å²) in [4.78, 5) is 0.289. The van der Waals surface area contributed by atoms with Crippen LogP contribution in [0.1, 0.15) is 11.1 Å². The Balaban J connectivity index is 1.74. The van der Waals surface area contributed by atoms with E-state index in [4.69, 9.17) is 0 Å². The highest BCUT2D eigenvalue weighted by molar-refractivity contribution is 7.92. The lowest BCUT2D eigenvalue weighted by molar-refractivity contribution is 0.600. The summed E-state index contributed by atoms with van der Waals surface area (Å²) in [6, 6.07) is 22.2. The molecule has 3 rings (SSSR count). The number of anilines is 3.